The van der Waals surface area contributed by atoms with Crippen molar-refractivity contribution in [3.8, 4) is 11.5 Å². The number of nitrogens with one attached hydrogen (secondary N) is 1. The Morgan fingerprint density at radius 2 is 1.88 bits per heavy atom. The molecular weight excluding hydrogens is 308 g/mol. The molecule has 0 saturated carbocycles. The van der Waals surface area contributed by atoms with E-state index in [0.29, 0.717) is 36.2 Å². The van der Waals surface area contributed by atoms with Crippen LogP contribution in [0.15, 0.2) is 18.2 Å². The van der Waals surface area contributed by atoms with Gasteiger partial charge < -0.3 is 19.7 Å². The van der Waals surface area contributed by atoms with Gasteiger partial charge in [-0.2, -0.15) is 0 Å². The summed E-state index contributed by atoms with van der Waals surface area (Å²) in [5, 5.41) is 2.81. The van der Waals surface area contributed by atoms with Gasteiger partial charge in [0.1, 0.15) is 11.5 Å². The highest BCUT2D eigenvalue weighted by Gasteiger charge is 2.13. The Hall–Kier alpha value is -2.24. The fraction of sp³-hybridized carbons (Fsp3) is 0.556. The molecule has 134 valence electrons. The van der Waals surface area contributed by atoms with Gasteiger partial charge in [0.25, 0.3) is 0 Å². The zero-order chi connectivity index (χ0) is 18.1. The van der Waals surface area contributed by atoms with Crippen molar-refractivity contribution in [2.24, 2.45) is 5.92 Å². The van der Waals surface area contributed by atoms with Crippen molar-refractivity contribution in [2.75, 3.05) is 32.6 Å². The summed E-state index contributed by atoms with van der Waals surface area (Å²) in [6.45, 7) is 6.84. The van der Waals surface area contributed by atoms with E-state index in [1.165, 1.54) is 14.0 Å². The van der Waals surface area contributed by atoms with Gasteiger partial charge in [-0.1, -0.05) is 13.8 Å². The Bertz CT molecular complexity index is 558. The first-order valence-electron chi connectivity index (χ1n) is 8.14. The van der Waals surface area contributed by atoms with Crippen LogP contribution in [-0.4, -0.2) is 44.0 Å². The van der Waals surface area contributed by atoms with Crippen molar-refractivity contribution >= 4 is 17.5 Å². The topological polar surface area (TPSA) is 67.9 Å². The van der Waals surface area contributed by atoms with Gasteiger partial charge in [-0.3, -0.25) is 9.59 Å². The van der Waals surface area contributed by atoms with Gasteiger partial charge in [0, 0.05) is 32.5 Å². The molecule has 24 heavy (non-hydrogen) atoms. The number of amides is 2. The maximum atomic E-state index is 12.2. The number of benzene rings is 1. The van der Waals surface area contributed by atoms with Crippen LogP contribution in [0.5, 0.6) is 11.5 Å². The number of carbonyl (C=O) groups is 2. The monoisotopic (exact) mass is 336 g/mol. The van der Waals surface area contributed by atoms with Gasteiger partial charge in [-0.15, -0.1) is 0 Å². The summed E-state index contributed by atoms with van der Waals surface area (Å²) in [6, 6.07) is 5.19. The van der Waals surface area contributed by atoms with Crippen molar-refractivity contribution in [1.82, 2.24) is 4.90 Å². The first-order chi connectivity index (χ1) is 11.4. The summed E-state index contributed by atoms with van der Waals surface area (Å²) in [4.78, 5) is 25.5. The SMILES string of the molecule is COc1ccc(NC(=O)CCN(CCC(C)C)C(C)=O)c(OC)c1. The third kappa shape index (κ3) is 6.48. The molecule has 1 aromatic rings. The summed E-state index contributed by atoms with van der Waals surface area (Å²) in [6.07, 6.45) is 1.17. The molecule has 1 rings (SSSR count). The van der Waals surface area contributed by atoms with E-state index in [1.54, 1.807) is 30.2 Å². The van der Waals surface area contributed by atoms with Gasteiger partial charge in [-0.05, 0) is 24.5 Å². The minimum absolute atomic E-state index is 0.00882. The molecule has 0 aromatic heterocycles. The summed E-state index contributed by atoms with van der Waals surface area (Å²) in [5.74, 6) is 1.54. The van der Waals surface area contributed by atoms with Crippen LogP contribution in [0.25, 0.3) is 0 Å². The molecule has 0 spiro atoms. The number of anilines is 1. The van der Waals surface area contributed by atoms with Crippen molar-refractivity contribution in [3.63, 3.8) is 0 Å². The average Bonchev–Trinajstić information content (AvgIpc) is 2.54. The van der Waals surface area contributed by atoms with Gasteiger partial charge in [0.2, 0.25) is 11.8 Å². The number of carbonyl (C=O) groups excluding carboxylic acids is 2. The second kappa shape index (κ2) is 9.80. The molecular formula is C18H28N2O4. The highest BCUT2D eigenvalue weighted by molar-refractivity contribution is 5.92. The normalized spacial score (nSPS) is 10.4. The van der Waals surface area contributed by atoms with Gasteiger partial charge in [0.05, 0.1) is 19.9 Å². The molecule has 6 nitrogen and oxygen atoms in total. The molecule has 0 atom stereocenters. The van der Waals surface area contributed by atoms with Crippen molar-refractivity contribution in [2.45, 2.75) is 33.6 Å². The van der Waals surface area contributed by atoms with Crippen LogP contribution < -0.4 is 14.8 Å². The van der Waals surface area contributed by atoms with Crippen molar-refractivity contribution in [3.05, 3.63) is 18.2 Å². The maximum absolute atomic E-state index is 12.2. The second-order valence-electron chi connectivity index (χ2n) is 6.05. The lowest BCUT2D eigenvalue weighted by molar-refractivity contribution is -0.129. The molecule has 0 bridgehead atoms. The summed E-state index contributed by atoms with van der Waals surface area (Å²) in [5.41, 5.74) is 0.583. The molecule has 0 unspecified atom stereocenters. The summed E-state index contributed by atoms with van der Waals surface area (Å²) < 4.78 is 10.4. The lowest BCUT2D eigenvalue weighted by atomic mass is 10.1. The van der Waals surface area contributed by atoms with E-state index in [1.807, 2.05) is 0 Å². The average molecular weight is 336 g/mol. The van der Waals surface area contributed by atoms with Gasteiger partial charge >= 0.3 is 0 Å². The Morgan fingerprint density at radius 3 is 2.42 bits per heavy atom. The van der Waals surface area contributed by atoms with Crippen LogP contribution in [0.1, 0.15) is 33.6 Å². The maximum Gasteiger partial charge on any atom is 0.226 e. The third-order valence-corrected chi connectivity index (χ3v) is 3.71. The molecule has 0 fully saturated rings. The number of rotatable bonds is 9. The van der Waals surface area contributed by atoms with E-state index in [-0.39, 0.29) is 18.2 Å². The molecule has 0 aliphatic heterocycles. The number of hydrogen-bond acceptors (Lipinski definition) is 4. The predicted molar refractivity (Wildman–Crippen MR) is 94.5 cm³/mol. The molecule has 2 amide bonds. The van der Waals surface area contributed by atoms with Crippen LogP contribution in [-0.2, 0) is 9.59 Å². The quantitative estimate of drug-likeness (QED) is 0.753. The molecule has 6 heteroatoms. The van der Waals surface area contributed by atoms with Gasteiger partial charge in [-0.25, -0.2) is 0 Å². The number of hydrogen-bond donors (Lipinski definition) is 1. The van der Waals surface area contributed by atoms with Gasteiger partial charge in [0.15, 0.2) is 0 Å². The van der Waals surface area contributed by atoms with Crippen LogP contribution in [0.2, 0.25) is 0 Å². The van der Waals surface area contributed by atoms with Crippen molar-refractivity contribution < 1.29 is 19.1 Å². The highest BCUT2D eigenvalue weighted by atomic mass is 16.5. The van der Waals surface area contributed by atoms with E-state index < -0.39 is 0 Å². The zero-order valence-corrected chi connectivity index (χ0v) is 15.2. The highest BCUT2D eigenvalue weighted by Crippen LogP contribution is 2.29. The summed E-state index contributed by atoms with van der Waals surface area (Å²) in [7, 11) is 3.11. The van der Waals surface area contributed by atoms with Crippen molar-refractivity contribution in [1.29, 1.82) is 0 Å². The minimum Gasteiger partial charge on any atom is -0.497 e. The third-order valence-electron chi connectivity index (χ3n) is 3.71. The zero-order valence-electron chi connectivity index (χ0n) is 15.2. The molecule has 0 saturated heterocycles. The molecule has 1 aromatic carbocycles. The van der Waals surface area contributed by atoms with E-state index in [2.05, 4.69) is 19.2 Å². The fourth-order valence-electron chi connectivity index (χ4n) is 2.19. The molecule has 0 radical (unpaired) electrons. The molecule has 0 heterocycles. The molecule has 1 N–H and O–H groups in total. The summed E-state index contributed by atoms with van der Waals surface area (Å²) >= 11 is 0. The molecule has 0 aliphatic rings. The number of nitrogens with zero attached hydrogens (tertiary/aromatic N) is 1. The fourth-order valence-corrected chi connectivity index (χ4v) is 2.19. The van der Waals surface area contributed by atoms with Crippen LogP contribution >= 0.6 is 0 Å². The van der Waals surface area contributed by atoms with E-state index in [4.69, 9.17) is 9.47 Å². The number of methoxy groups -OCH3 is 2. The lowest BCUT2D eigenvalue weighted by Crippen LogP contribution is -2.33. The Balaban J connectivity index is 2.60. The van der Waals surface area contributed by atoms with E-state index in [9.17, 15) is 9.59 Å². The predicted octanol–water partition coefficient (Wildman–Crippen LogP) is 2.93. The Morgan fingerprint density at radius 1 is 1.17 bits per heavy atom. The first kappa shape index (κ1) is 19.8. The standard InChI is InChI=1S/C18H28N2O4/c1-13(2)8-10-20(14(3)21)11-9-18(22)19-16-7-6-15(23-4)12-17(16)24-5/h6-7,12-13H,8-11H2,1-5H3,(H,19,22). The van der Waals surface area contributed by atoms with Crippen LogP contribution in [0.4, 0.5) is 5.69 Å². The van der Waals surface area contributed by atoms with Crippen LogP contribution in [0, 0.1) is 5.92 Å². The van der Waals surface area contributed by atoms with E-state index in [0.717, 1.165) is 6.42 Å². The second-order valence-corrected chi connectivity index (χ2v) is 6.05. The largest absolute Gasteiger partial charge is 0.497 e. The van der Waals surface area contributed by atoms with Crippen LogP contribution in [0.3, 0.4) is 0 Å². The van der Waals surface area contributed by atoms with E-state index >= 15 is 0 Å². The first-order valence-corrected chi connectivity index (χ1v) is 8.14. The minimum atomic E-state index is -0.158. The molecule has 0 aliphatic carbocycles. The Kier molecular flexibility index (Phi) is 8.09. The Labute approximate surface area is 144 Å². The smallest absolute Gasteiger partial charge is 0.226 e. The number of ether oxygens (including phenoxy) is 2. The lowest BCUT2D eigenvalue weighted by Gasteiger charge is -2.22.